The Kier molecular flexibility index (Phi) is 13.3. The number of benzene rings is 3. The molecule has 2 fully saturated rings. The number of amides is 4. The van der Waals surface area contributed by atoms with Crippen LogP contribution in [0.2, 0.25) is 0 Å². The first-order valence-corrected chi connectivity index (χ1v) is 20.2. The number of piperidine rings is 1. The van der Waals surface area contributed by atoms with Gasteiger partial charge in [0, 0.05) is 36.2 Å². The number of alkyl carbamates (subject to hydrolysis) is 1. The van der Waals surface area contributed by atoms with Crippen LogP contribution in [-0.4, -0.2) is 83.0 Å². The van der Waals surface area contributed by atoms with Crippen LogP contribution in [-0.2, 0) is 26.9 Å². The molecule has 59 heavy (non-hydrogen) atoms. The van der Waals surface area contributed by atoms with Gasteiger partial charge in [-0.15, -0.1) is 0 Å². The second-order valence-electron chi connectivity index (χ2n) is 16.9. The Hall–Kier alpha value is -5.44. The van der Waals surface area contributed by atoms with E-state index in [9.17, 15) is 32.3 Å². The molecular weight excluding hydrogens is 764 g/mol. The molecule has 1 atom stereocenters. The summed E-state index contributed by atoms with van der Waals surface area (Å²) in [6.07, 6.45) is -0.599. The number of carbonyl (C=O) groups is 4. The number of rotatable bonds is 11. The van der Waals surface area contributed by atoms with Crippen LogP contribution in [0.15, 0.2) is 60.7 Å². The maximum atomic E-state index is 13.9. The molecule has 1 aromatic heterocycles. The highest BCUT2D eigenvalue weighted by molar-refractivity contribution is 5.99. The van der Waals surface area contributed by atoms with Gasteiger partial charge in [-0.05, 0) is 145 Å². The minimum atomic E-state index is -4.66. The number of alkyl halides is 3. The number of aromatic nitrogens is 2. The second kappa shape index (κ2) is 18.2. The van der Waals surface area contributed by atoms with Gasteiger partial charge in [0.15, 0.2) is 0 Å². The number of fused-ring (bicyclic) bond motifs is 1. The van der Waals surface area contributed by atoms with E-state index >= 15 is 0 Å². The third kappa shape index (κ3) is 11.8. The van der Waals surface area contributed by atoms with Crippen LogP contribution in [0.4, 0.5) is 23.7 Å². The summed E-state index contributed by atoms with van der Waals surface area (Å²) in [6.45, 7) is 9.69. The summed E-state index contributed by atoms with van der Waals surface area (Å²) in [5.74, 6) is -2.19. The van der Waals surface area contributed by atoms with Crippen LogP contribution in [0.25, 0.3) is 22.2 Å². The van der Waals surface area contributed by atoms with Gasteiger partial charge in [0.2, 0.25) is 17.6 Å². The number of nitrogens with zero attached hydrogens (tertiary/aromatic N) is 2. The molecule has 2 aliphatic rings. The molecule has 4 aromatic rings. The van der Waals surface area contributed by atoms with E-state index in [1.54, 1.807) is 20.8 Å². The monoisotopic (exact) mass is 817 g/mol. The molecule has 0 radical (unpaired) electrons. The summed E-state index contributed by atoms with van der Waals surface area (Å²) < 4.78 is 45.2. The summed E-state index contributed by atoms with van der Waals surface area (Å²) >= 11 is 0. The maximum Gasteiger partial charge on any atom is 0.449 e. The second-order valence-corrected chi connectivity index (χ2v) is 16.9. The van der Waals surface area contributed by atoms with Crippen LogP contribution in [0.3, 0.4) is 0 Å². The third-order valence-corrected chi connectivity index (χ3v) is 11.1. The van der Waals surface area contributed by atoms with Crippen molar-refractivity contribution in [1.82, 2.24) is 30.8 Å². The number of H-pyrrole nitrogens is 1. The molecule has 3 aromatic carbocycles. The molecule has 6 rings (SSSR count). The summed E-state index contributed by atoms with van der Waals surface area (Å²) in [6, 6.07) is 16.7. The van der Waals surface area contributed by atoms with Crippen LogP contribution < -0.4 is 21.3 Å². The fourth-order valence-electron chi connectivity index (χ4n) is 7.72. The number of aromatic amines is 1. The van der Waals surface area contributed by atoms with Crippen LogP contribution in [0, 0.1) is 18.8 Å². The highest BCUT2D eigenvalue weighted by Gasteiger charge is 2.35. The van der Waals surface area contributed by atoms with E-state index < -0.39 is 35.6 Å². The highest BCUT2D eigenvalue weighted by atomic mass is 19.4. The molecule has 0 bridgehead atoms. The molecule has 12 nitrogen and oxygen atoms in total. The number of hydrogen-bond acceptors (Lipinski definition) is 7. The lowest BCUT2D eigenvalue weighted by molar-refractivity contribution is -0.144. The topological polar surface area (TPSA) is 158 Å². The lowest BCUT2D eigenvalue weighted by Crippen LogP contribution is -2.48. The van der Waals surface area contributed by atoms with Gasteiger partial charge >= 0.3 is 12.3 Å². The highest BCUT2D eigenvalue weighted by Crippen LogP contribution is 2.31. The van der Waals surface area contributed by atoms with Crippen LogP contribution in [0.1, 0.15) is 86.6 Å². The van der Waals surface area contributed by atoms with Gasteiger partial charge in [0.25, 0.3) is 5.91 Å². The van der Waals surface area contributed by atoms with Crippen molar-refractivity contribution >= 4 is 40.5 Å². The number of nitrogens with one attached hydrogen (secondary N) is 5. The average Bonchev–Trinajstić information content (AvgIpc) is 3.62. The number of hydrogen-bond donors (Lipinski definition) is 5. The van der Waals surface area contributed by atoms with Gasteiger partial charge in [-0.25, -0.2) is 9.78 Å². The number of imidazole rings is 1. The van der Waals surface area contributed by atoms with E-state index in [1.807, 2.05) is 49.4 Å². The van der Waals surface area contributed by atoms with Crippen LogP contribution in [0.5, 0.6) is 0 Å². The van der Waals surface area contributed by atoms with Crippen molar-refractivity contribution in [2.75, 3.05) is 32.0 Å². The minimum absolute atomic E-state index is 0.0328. The summed E-state index contributed by atoms with van der Waals surface area (Å²) in [7, 11) is 2.08. The Labute approximate surface area is 342 Å². The number of halogens is 3. The minimum Gasteiger partial charge on any atom is -0.444 e. The number of likely N-dealkylation sites (tertiary alicyclic amines) is 1. The Morgan fingerprint density at radius 2 is 1.61 bits per heavy atom. The molecule has 5 N–H and O–H groups in total. The zero-order valence-corrected chi connectivity index (χ0v) is 34.2. The largest absolute Gasteiger partial charge is 0.449 e. The molecule has 316 valence electrons. The zero-order valence-electron chi connectivity index (χ0n) is 34.2. The fourth-order valence-corrected chi connectivity index (χ4v) is 7.72. The Morgan fingerprint density at radius 3 is 2.25 bits per heavy atom. The van der Waals surface area contributed by atoms with Crippen LogP contribution >= 0.6 is 0 Å². The van der Waals surface area contributed by atoms with E-state index in [0.29, 0.717) is 37.8 Å². The first-order valence-electron chi connectivity index (χ1n) is 20.2. The number of anilines is 1. The van der Waals surface area contributed by atoms with Gasteiger partial charge in [-0.3, -0.25) is 14.4 Å². The van der Waals surface area contributed by atoms with Gasteiger partial charge in [0.05, 0.1) is 11.0 Å². The Morgan fingerprint density at radius 1 is 0.915 bits per heavy atom. The third-order valence-electron chi connectivity index (χ3n) is 11.1. The summed E-state index contributed by atoms with van der Waals surface area (Å²) in [5, 5.41) is 11.7. The first kappa shape index (κ1) is 43.1. The Balaban J connectivity index is 1.12. The van der Waals surface area contributed by atoms with Gasteiger partial charge in [-0.1, -0.05) is 30.3 Å². The molecule has 1 saturated carbocycles. The van der Waals surface area contributed by atoms with Crippen molar-refractivity contribution in [3.63, 3.8) is 0 Å². The molecule has 2 heterocycles. The standard InChI is InChI=1S/C44H54F3N7O5/c1-26-22-31(39(56)49-32-18-20-54(5)21-19-32)14-16-34(26)29-10-6-27(7-11-29)23-37(40(57)50-33-15-17-35-36(24-33)53-41(52-35)44(45,46)47)51-38(55)30-12-8-28(9-13-30)25-48-42(58)59-43(2,3)4/h6-7,10-11,14-17,22,24,28,30,32,37H,8-9,12-13,18-21,23,25H2,1-5H3,(H,48,58)(H,49,56)(H,50,57)(H,51,55)(H,52,53)/t28-,30-,37-/m0/s1. The summed E-state index contributed by atoms with van der Waals surface area (Å²) in [5.41, 5.74) is 4.00. The number of aryl methyl sites for hydroxylation is 1. The predicted octanol–water partition coefficient (Wildman–Crippen LogP) is 7.38. The maximum absolute atomic E-state index is 13.9. The van der Waals surface area contributed by atoms with Crippen molar-refractivity contribution in [3.8, 4) is 11.1 Å². The molecule has 1 aliphatic heterocycles. The number of carbonyl (C=O) groups excluding carboxylic acids is 4. The Bertz CT molecular complexity index is 2130. The first-order chi connectivity index (χ1) is 27.9. The predicted molar refractivity (Wildman–Crippen MR) is 220 cm³/mol. The van der Waals surface area contributed by atoms with E-state index in [4.69, 9.17) is 4.74 Å². The molecular formula is C44H54F3N7O5. The van der Waals surface area contributed by atoms with Crippen molar-refractivity contribution in [1.29, 1.82) is 0 Å². The van der Waals surface area contributed by atoms with Crippen molar-refractivity contribution in [3.05, 3.63) is 83.2 Å². The molecule has 1 saturated heterocycles. The zero-order chi connectivity index (χ0) is 42.5. The quantitative estimate of drug-likeness (QED) is 0.106. The van der Waals surface area contributed by atoms with Crippen molar-refractivity contribution in [2.24, 2.45) is 11.8 Å². The molecule has 0 spiro atoms. The molecule has 15 heteroatoms. The average molecular weight is 818 g/mol. The van der Waals surface area contributed by atoms with Gasteiger partial charge in [0.1, 0.15) is 11.6 Å². The molecule has 1 aliphatic carbocycles. The van der Waals surface area contributed by atoms with Crippen molar-refractivity contribution < 1.29 is 37.1 Å². The molecule has 4 amide bonds. The van der Waals surface area contributed by atoms with E-state index in [-0.39, 0.29) is 52.8 Å². The SMILES string of the molecule is Cc1cc(C(=O)NC2CCN(C)CC2)ccc1-c1ccc(C[C@H](NC(=O)[C@H]2CC[C@H](CNC(=O)OC(C)(C)C)CC2)C(=O)Nc2ccc3[nH]c(C(F)(F)F)nc3c2)cc1. The lowest BCUT2D eigenvalue weighted by atomic mass is 9.81. The number of ether oxygens (including phenoxy) is 1. The van der Waals surface area contributed by atoms with E-state index in [1.165, 1.54) is 18.2 Å². The smallest absolute Gasteiger partial charge is 0.444 e. The van der Waals surface area contributed by atoms with E-state index in [0.717, 1.165) is 48.2 Å². The lowest BCUT2D eigenvalue weighted by Gasteiger charge is -2.29. The van der Waals surface area contributed by atoms with Gasteiger partial charge < -0.3 is 35.9 Å². The normalized spacial score (nSPS) is 18.5. The van der Waals surface area contributed by atoms with Crippen molar-refractivity contribution in [2.45, 2.75) is 96.5 Å². The van der Waals surface area contributed by atoms with E-state index in [2.05, 4.69) is 43.2 Å². The molecule has 0 unspecified atom stereocenters. The van der Waals surface area contributed by atoms with Gasteiger partial charge in [-0.2, -0.15) is 13.2 Å². The fraction of sp³-hybridized carbons (Fsp3) is 0.477. The summed E-state index contributed by atoms with van der Waals surface area (Å²) in [4.78, 5) is 60.9.